The highest BCUT2D eigenvalue weighted by atomic mass is 16.2. The number of hydrogen-bond acceptors (Lipinski definition) is 2. The molecule has 1 aliphatic rings. The van der Waals surface area contributed by atoms with E-state index >= 15 is 0 Å². The minimum Gasteiger partial charge on any atom is -0.356 e. The van der Waals surface area contributed by atoms with Gasteiger partial charge < -0.3 is 15.2 Å². The summed E-state index contributed by atoms with van der Waals surface area (Å²) in [4.78, 5) is 30.6. The number of para-hydroxylation sites is 1. The van der Waals surface area contributed by atoms with Gasteiger partial charge in [0.1, 0.15) is 5.69 Å². The number of benzene rings is 2. The molecule has 1 saturated heterocycles. The maximum absolute atomic E-state index is 12.9. The van der Waals surface area contributed by atoms with Crippen LogP contribution in [0.3, 0.4) is 0 Å². The molecule has 1 aliphatic heterocycles. The molecule has 4 rings (SSSR count). The van der Waals surface area contributed by atoms with Crippen LogP contribution in [0, 0.1) is 11.8 Å². The van der Waals surface area contributed by atoms with Crippen LogP contribution in [0.5, 0.6) is 0 Å². The molecular weight excluding hydrogens is 386 g/mol. The second-order valence-corrected chi connectivity index (χ2v) is 8.57. The van der Waals surface area contributed by atoms with Crippen LogP contribution >= 0.6 is 0 Å². The van der Waals surface area contributed by atoms with Crippen molar-refractivity contribution < 1.29 is 9.59 Å². The molecule has 3 aromatic rings. The number of piperidine rings is 1. The Morgan fingerprint density at radius 3 is 2.52 bits per heavy atom. The highest BCUT2D eigenvalue weighted by Crippen LogP contribution is 2.26. The normalized spacial score (nSPS) is 15.7. The number of aryl methyl sites for hydroxylation is 1. The largest absolute Gasteiger partial charge is 0.356 e. The molecule has 1 aromatic heterocycles. The smallest absolute Gasteiger partial charge is 0.270 e. The molecule has 31 heavy (non-hydrogen) atoms. The molecular formula is C26H31N3O2. The minimum absolute atomic E-state index is 0.0259. The first-order valence-corrected chi connectivity index (χ1v) is 11.3. The van der Waals surface area contributed by atoms with Crippen LogP contribution in [0.15, 0.2) is 60.7 Å². The average molecular weight is 418 g/mol. The third kappa shape index (κ3) is 5.16. The van der Waals surface area contributed by atoms with Gasteiger partial charge in [-0.25, -0.2) is 0 Å². The lowest BCUT2D eigenvalue weighted by Crippen LogP contribution is -2.43. The van der Waals surface area contributed by atoms with E-state index in [0.717, 1.165) is 36.6 Å². The fourth-order valence-electron chi connectivity index (χ4n) is 4.49. The van der Waals surface area contributed by atoms with Crippen molar-refractivity contribution in [1.82, 2.24) is 15.2 Å². The Hall–Kier alpha value is -3.08. The number of likely N-dealkylation sites (tertiary alicyclic amines) is 1. The predicted octanol–water partition coefficient (Wildman–Crippen LogP) is 4.41. The van der Waals surface area contributed by atoms with Crippen LogP contribution in [0.2, 0.25) is 0 Å². The van der Waals surface area contributed by atoms with Crippen molar-refractivity contribution in [2.24, 2.45) is 11.8 Å². The van der Waals surface area contributed by atoms with Crippen LogP contribution in [-0.2, 0) is 11.2 Å². The lowest BCUT2D eigenvalue weighted by atomic mass is 9.84. The minimum atomic E-state index is -0.0259. The van der Waals surface area contributed by atoms with Gasteiger partial charge in [0, 0.05) is 36.5 Å². The monoisotopic (exact) mass is 417 g/mol. The van der Waals surface area contributed by atoms with Gasteiger partial charge in [-0.3, -0.25) is 9.59 Å². The summed E-state index contributed by atoms with van der Waals surface area (Å²) in [6.45, 7) is 4.12. The average Bonchev–Trinajstić information content (AvgIpc) is 3.26. The summed E-state index contributed by atoms with van der Waals surface area (Å²) in [5, 5.41) is 4.15. The van der Waals surface area contributed by atoms with Crippen molar-refractivity contribution in [3.05, 3.63) is 71.9 Å². The van der Waals surface area contributed by atoms with Gasteiger partial charge in [0.2, 0.25) is 5.91 Å². The number of fused-ring (bicyclic) bond motifs is 1. The Balaban J connectivity index is 1.22. The molecule has 0 radical (unpaired) electrons. The Morgan fingerprint density at radius 1 is 1.06 bits per heavy atom. The molecule has 0 spiro atoms. The second-order valence-electron chi connectivity index (χ2n) is 8.57. The maximum Gasteiger partial charge on any atom is 0.270 e. The molecule has 162 valence electrons. The molecule has 1 atom stereocenters. The zero-order valence-electron chi connectivity index (χ0n) is 18.1. The van der Waals surface area contributed by atoms with Crippen molar-refractivity contribution in [1.29, 1.82) is 0 Å². The van der Waals surface area contributed by atoms with Crippen LogP contribution in [0.1, 0.15) is 42.2 Å². The molecule has 2 N–H and O–H groups in total. The van der Waals surface area contributed by atoms with Crippen LogP contribution in [-0.4, -0.2) is 41.3 Å². The first kappa shape index (κ1) is 21.2. The zero-order valence-corrected chi connectivity index (χ0v) is 18.1. The van der Waals surface area contributed by atoms with Crippen molar-refractivity contribution in [3.8, 4) is 0 Å². The van der Waals surface area contributed by atoms with Gasteiger partial charge in [-0.1, -0.05) is 55.5 Å². The van der Waals surface area contributed by atoms with E-state index in [1.807, 2.05) is 60.4 Å². The molecule has 0 saturated carbocycles. The molecule has 0 aliphatic carbocycles. The molecule has 5 heteroatoms. The van der Waals surface area contributed by atoms with E-state index in [2.05, 4.69) is 22.4 Å². The maximum atomic E-state index is 12.9. The number of aromatic amines is 1. The molecule has 2 aromatic carbocycles. The number of carbonyl (C=O) groups is 2. The summed E-state index contributed by atoms with van der Waals surface area (Å²) in [6.07, 6.45) is 3.65. The first-order chi connectivity index (χ1) is 15.1. The number of hydrogen-bond donors (Lipinski definition) is 2. The highest BCUT2D eigenvalue weighted by molar-refractivity contribution is 5.98. The molecule has 0 unspecified atom stereocenters. The summed E-state index contributed by atoms with van der Waals surface area (Å²) in [5.41, 5.74) is 2.93. The van der Waals surface area contributed by atoms with E-state index in [1.54, 1.807) is 0 Å². The van der Waals surface area contributed by atoms with E-state index in [4.69, 9.17) is 0 Å². The van der Waals surface area contributed by atoms with Crippen molar-refractivity contribution >= 4 is 22.7 Å². The number of amides is 2. The molecule has 2 amide bonds. The quantitative estimate of drug-likeness (QED) is 0.560. The third-order valence-electron chi connectivity index (χ3n) is 6.49. The molecule has 5 nitrogen and oxygen atoms in total. The summed E-state index contributed by atoms with van der Waals surface area (Å²) >= 11 is 0. The van der Waals surface area contributed by atoms with Crippen LogP contribution in [0.4, 0.5) is 0 Å². The second kappa shape index (κ2) is 9.82. The Kier molecular flexibility index (Phi) is 6.70. The van der Waals surface area contributed by atoms with E-state index < -0.39 is 0 Å². The molecule has 2 heterocycles. The SMILES string of the molecule is C[C@@H](C(=O)NCCCc1ccccc1)C1CCN(C(=O)c2cc3ccccc3[nH]2)CC1. The number of rotatable bonds is 7. The Bertz CT molecular complexity index is 986. The first-order valence-electron chi connectivity index (χ1n) is 11.3. The van der Waals surface area contributed by atoms with Gasteiger partial charge >= 0.3 is 0 Å². The molecule has 1 fully saturated rings. The fraction of sp³-hybridized carbons (Fsp3) is 0.385. The van der Waals surface area contributed by atoms with Gasteiger partial charge in [-0.05, 0) is 49.3 Å². The predicted molar refractivity (Wildman–Crippen MR) is 124 cm³/mol. The van der Waals surface area contributed by atoms with Gasteiger partial charge in [-0.15, -0.1) is 0 Å². The van der Waals surface area contributed by atoms with E-state index in [0.29, 0.717) is 31.2 Å². The number of H-pyrrole nitrogens is 1. The van der Waals surface area contributed by atoms with Gasteiger partial charge in [0.05, 0.1) is 0 Å². The molecule has 0 bridgehead atoms. The lowest BCUT2D eigenvalue weighted by molar-refractivity contribution is -0.126. The summed E-state index contributed by atoms with van der Waals surface area (Å²) in [5.74, 6) is 0.476. The summed E-state index contributed by atoms with van der Waals surface area (Å²) in [7, 11) is 0. The van der Waals surface area contributed by atoms with Crippen LogP contribution < -0.4 is 5.32 Å². The van der Waals surface area contributed by atoms with E-state index in [1.165, 1.54) is 5.56 Å². The van der Waals surface area contributed by atoms with Crippen molar-refractivity contribution in [2.45, 2.75) is 32.6 Å². The van der Waals surface area contributed by atoms with Crippen molar-refractivity contribution in [2.75, 3.05) is 19.6 Å². The number of aromatic nitrogens is 1. The highest BCUT2D eigenvalue weighted by Gasteiger charge is 2.30. The fourth-order valence-corrected chi connectivity index (χ4v) is 4.49. The summed E-state index contributed by atoms with van der Waals surface area (Å²) in [6, 6.07) is 20.2. The van der Waals surface area contributed by atoms with Gasteiger partial charge in [0.15, 0.2) is 0 Å². The summed E-state index contributed by atoms with van der Waals surface area (Å²) < 4.78 is 0. The third-order valence-corrected chi connectivity index (χ3v) is 6.49. The Labute approximate surface area is 183 Å². The number of carbonyl (C=O) groups excluding carboxylic acids is 2. The standard InChI is InChI=1S/C26H31N3O2/c1-19(25(30)27-15-7-10-20-8-3-2-4-9-20)21-13-16-29(17-14-21)26(31)24-18-22-11-5-6-12-23(22)28-24/h2-6,8-9,11-12,18-19,21,28H,7,10,13-17H2,1H3,(H,27,30)/t19-/m1/s1. The lowest BCUT2D eigenvalue weighted by Gasteiger charge is -2.34. The van der Waals surface area contributed by atoms with E-state index in [-0.39, 0.29) is 17.7 Å². The van der Waals surface area contributed by atoms with Crippen molar-refractivity contribution in [3.63, 3.8) is 0 Å². The van der Waals surface area contributed by atoms with E-state index in [9.17, 15) is 9.59 Å². The topological polar surface area (TPSA) is 65.2 Å². The Morgan fingerprint density at radius 2 is 1.77 bits per heavy atom. The number of nitrogens with one attached hydrogen (secondary N) is 2. The number of nitrogens with zero attached hydrogens (tertiary/aromatic N) is 1. The zero-order chi connectivity index (χ0) is 21.6. The van der Waals surface area contributed by atoms with Crippen LogP contribution in [0.25, 0.3) is 10.9 Å². The van der Waals surface area contributed by atoms with Gasteiger partial charge in [-0.2, -0.15) is 0 Å². The van der Waals surface area contributed by atoms with Gasteiger partial charge in [0.25, 0.3) is 5.91 Å².